The molecule has 0 aliphatic carbocycles. The van der Waals surface area contributed by atoms with Gasteiger partial charge in [-0.3, -0.25) is 0 Å². The Bertz CT molecular complexity index is 1000. The van der Waals surface area contributed by atoms with Gasteiger partial charge in [0.1, 0.15) is 5.75 Å². The first-order valence-electron chi connectivity index (χ1n) is 8.55. The molecule has 0 aliphatic heterocycles. The molecule has 0 fully saturated rings. The molecule has 0 unspecified atom stereocenters. The van der Waals surface area contributed by atoms with Crippen LogP contribution in [0.5, 0.6) is 11.5 Å². The molecule has 1 aromatic heterocycles. The number of rotatable bonds is 5. The highest BCUT2D eigenvalue weighted by atomic mass is 35.5. The third-order valence-corrected chi connectivity index (χ3v) is 4.56. The monoisotopic (exact) mass is 385 g/mol. The van der Waals surface area contributed by atoms with Gasteiger partial charge in [0.25, 0.3) is 0 Å². The number of hydrogen-bond donors (Lipinski definition) is 1. The van der Waals surface area contributed by atoms with Gasteiger partial charge in [0.15, 0.2) is 5.75 Å². The van der Waals surface area contributed by atoms with Crippen molar-refractivity contribution in [2.45, 2.75) is 26.2 Å². The zero-order chi connectivity index (χ0) is 19.6. The molecule has 5 nitrogen and oxygen atoms in total. The predicted molar refractivity (Wildman–Crippen MR) is 105 cm³/mol. The molecule has 0 radical (unpaired) electrons. The Morgan fingerprint density at radius 1 is 1.22 bits per heavy atom. The molecule has 27 heavy (non-hydrogen) atoms. The van der Waals surface area contributed by atoms with E-state index in [2.05, 4.69) is 4.98 Å². The predicted octanol–water partition coefficient (Wildman–Crippen LogP) is 5.67. The molecule has 6 heteroatoms. The number of nitrogens with zero attached hydrogens (tertiary/aromatic N) is 1. The van der Waals surface area contributed by atoms with E-state index in [1.54, 1.807) is 19.2 Å². The normalized spacial score (nSPS) is 11.0. The van der Waals surface area contributed by atoms with Crippen molar-refractivity contribution in [3.05, 3.63) is 64.3 Å². The van der Waals surface area contributed by atoms with Crippen molar-refractivity contribution in [3.8, 4) is 11.5 Å². The lowest BCUT2D eigenvalue weighted by Crippen LogP contribution is -2.11. The van der Waals surface area contributed by atoms with Crippen molar-refractivity contribution >= 4 is 28.7 Å². The van der Waals surface area contributed by atoms with Gasteiger partial charge in [-0.2, -0.15) is 0 Å². The molecule has 1 N–H and O–H groups in total. The Morgan fingerprint density at radius 2 is 1.96 bits per heavy atom. The standard InChI is InChI=1S/C21H20ClNO4/c1-12(2)19-20(27-21(24)25)16(10-13-6-4-5-7-18(13)26-3)15-11-14(22)8-9-17(15)23-19/h4-9,11-12H,10H2,1-3H3,(H,24,25). The summed E-state index contributed by atoms with van der Waals surface area (Å²) in [6.45, 7) is 3.90. The van der Waals surface area contributed by atoms with E-state index in [0.717, 1.165) is 27.8 Å². The van der Waals surface area contributed by atoms with Gasteiger partial charge < -0.3 is 14.6 Å². The topological polar surface area (TPSA) is 68.7 Å². The van der Waals surface area contributed by atoms with Crippen LogP contribution in [0.2, 0.25) is 5.02 Å². The van der Waals surface area contributed by atoms with Crippen molar-refractivity contribution in [2.75, 3.05) is 7.11 Å². The molecule has 3 rings (SSSR count). The molecule has 1 heterocycles. The van der Waals surface area contributed by atoms with E-state index in [9.17, 15) is 9.90 Å². The molecule has 0 spiro atoms. The van der Waals surface area contributed by atoms with Crippen LogP contribution in [0.1, 0.15) is 36.6 Å². The molecule has 0 bridgehead atoms. The fourth-order valence-electron chi connectivity index (χ4n) is 3.11. The molecule has 0 saturated carbocycles. The number of carboxylic acid groups (broad SMARTS) is 1. The highest BCUT2D eigenvalue weighted by molar-refractivity contribution is 6.31. The number of ether oxygens (including phenoxy) is 2. The molecular weight excluding hydrogens is 366 g/mol. The summed E-state index contributed by atoms with van der Waals surface area (Å²) >= 11 is 6.20. The Morgan fingerprint density at radius 3 is 2.63 bits per heavy atom. The highest BCUT2D eigenvalue weighted by Gasteiger charge is 2.22. The summed E-state index contributed by atoms with van der Waals surface area (Å²) in [4.78, 5) is 16.0. The first kappa shape index (κ1) is 19.0. The molecular formula is C21H20ClNO4. The number of benzene rings is 2. The van der Waals surface area contributed by atoms with E-state index in [-0.39, 0.29) is 11.7 Å². The van der Waals surface area contributed by atoms with E-state index >= 15 is 0 Å². The second kappa shape index (κ2) is 7.84. The molecule has 0 saturated heterocycles. The van der Waals surface area contributed by atoms with E-state index in [0.29, 0.717) is 17.1 Å². The van der Waals surface area contributed by atoms with Crippen LogP contribution in [0, 0.1) is 0 Å². The average Bonchev–Trinajstić information content (AvgIpc) is 2.63. The number of halogens is 1. The number of aromatic nitrogens is 1. The quantitative estimate of drug-likeness (QED) is 0.573. The molecule has 0 aliphatic rings. The van der Waals surface area contributed by atoms with E-state index in [4.69, 9.17) is 21.1 Å². The maximum atomic E-state index is 11.4. The van der Waals surface area contributed by atoms with E-state index < -0.39 is 6.16 Å². The van der Waals surface area contributed by atoms with Crippen LogP contribution in [0.4, 0.5) is 4.79 Å². The van der Waals surface area contributed by atoms with Crippen LogP contribution in [0.15, 0.2) is 42.5 Å². The number of fused-ring (bicyclic) bond motifs is 1. The summed E-state index contributed by atoms with van der Waals surface area (Å²) in [5.41, 5.74) is 2.97. The van der Waals surface area contributed by atoms with Gasteiger partial charge >= 0.3 is 6.16 Å². The van der Waals surface area contributed by atoms with Gasteiger partial charge in [-0.05, 0) is 35.7 Å². The maximum absolute atomic E-state index is 11.4. The van der Waals surface area contributed by atoms with Gasteiger partial charge in [0, 0.05) is 22.4 Å². The third-order valence-electron chi connectivity index (χ3n) is 4.33. The number of hydrogen-bond acceptors (Lipinski definition) is 4. The maximum Gasteiger partial charge on any atom is 0.511 e. The van der Waals surface area contributed by atoms with E-state index in [1.165, 1.54) is 0 Å². The van der Waals surface area contributed by atoms with Gasteiger partial charge in [0.05, 0.1) is 18.3 Å². The Labute approximate surface area is 162 Å². The lowest BCUT2D eigenvalue weighted by Gasteiger charge is -2.18. The molecule has 0 atom stereocenters. The number of carbonyl (C=O) groups is 1. The fourth-order valence-corrected chi connectivity index (χ4v) is 3.28. The summed E-state index contributed by atoms with van der Waals surface area (Å²) < 4.78 is 10.7. The zero-order valence-electron chi connectivity index (χ0n) is 15.3. The average molecular weight is 386 g/mol. The van der Waals surface area contributed by atoms with Gasteiger partial charge in [-0.25, -0.2) is 9.78 Å². The van der Waals surface area contributed by atoms with Crippen LogP contribution in [-0.4, -0.2) is 23.4 Å². The third kappa shape index (κ3) is 3.98. The van der Waals surface area contributed by atoms with Crippen LogP contribution < -0.4 is 9.47 Å². The first-order valence-corrected chi connectivity index (χ1v) is 8.93. The first-order chi connectivity index (χ1) is 12.9. The van der Waals surface area contributed by atoms with E-state index in [1.807, 2.05) is 44.2 Å². The lowest BCUT2D eigenvalue weighted by molar-refractivity contribution is 0.143. The van der Waals surface area contributed by atoms with Crippen LogP contribution in [-0.2, 0) is 6.42 Å². The minimum absolute atomic E-state index is 0.0177. The largest absolute Gasteiger partial charge is 0.511 e. The Balaban J connectivity index is 2.31. The zero-order valence-corrected chi connectivity index (χ0v) is 16.1. The van der Waals surface area contributed by atoms with Crippen molar-refractivity contribution in [1.29, 1.82) is 0 Å². The summed E-state index contributed by atoms with van der Waals surface area (Å²) in [5.74, 6) is 0.964. The minimum atomic E-state index is -1.37. The Hall–Kier alpha value is -2.79. The SMILES string of the molecule is COc1ccccc1Cc1c(OC(=O)O)c(C(C)C)nc2ccc(Cl)cc12. The summed E-state index contributed by atoms with van der Waals surface area (Å²) in [5, 5.41) is 10.6. The van der Waals surface area contributed by atoms with Crippen molar-refractivity contribution in [3.63, 3.8) is 0 Å². The van der Waals surface area contributed by atoms with Crippen molar-refractivity contribution in [1.82, 2.24) is 4.98 Å². The minimum Gasteiger partial charge on any atom is -0.496 e. The van der Waals surface area contributed by atoms with Crippen molar-refractivity contribution in [2.24, 2.45) is 0 Å². The van der Waals surface area contributed by atoms with Gasteiger partial charge in [0.2, 0.25) is 0 Å². The van der Waals surface area contributed by atoms with Gasteiger partial charge in [-0.1, -0.05) is 43.6 Å². The van der Waals surface area contributed by atoms with Crippen LogP contribution >= 0.6 is 11.6 Å². The van der Waals surface area contributed by atoms with Crippen molar-refractivity contribution < 1.29 is 19.4 Å². The highest BCUT2D eigenvalue weighted by Crippen LogP contribution is 2.37. The van der Waals surface area contributed by atoms with Crippen LogP contribution in [0.3, 0.4) is 0 Å². The molecule has 2 aromatic carbocycles. The second-order valence-corrected chi connectivity index (χ2v) is 6.91. The summed E-state index contributed by atoms with van der Waals surface area (Å²) in [6.07, 6.45) is -0.951. The Kier molecular flexibility index (Phi) is 5.51. The fraction of sp³-hybridized carbons (Fsp3) is 0.238. The van der Waals surface area contributed by atoms with Gasteiger partial charge in [-0.15, -0.1) is 0 Å². The second-order valence-electron chi connectivity index (χ2n) is 6.48. The molecule has 140 valence electrons. The smallest absolute Gasteiger partial charge is 0.496 e. The number of methoxy groups -OCH3 is 1. The molecule has 0 amide bonds. The lowest BCUT2D eigenvalue weighted by atomic mass is 9.95. The van der Waals surface area contributed by atoms with Crippen LogP contribution in [0.25, 0.3) is 10.9 Å². The molecule has 3 aromatic rings. The summed E-state index contributed by atoms with van der Waals surface area (Å²) in [6, 6.07) is 13.0. The summed E-state index contributed by atoms with van der Waals surface area (Å²) in [7, 11) is 1.61. The number of pyridine rings is 1. The number of para-hydroxylation sites is 1.